The molecule has 4 nitrogen and oxygen atoms in total. The summed E-state index contributed by atoms with van der Waals surface area (Å²) in [5.41, 5.74) is 10.0. The van der Waals surface area contributed by atoms with Crippen LogP contribution in [0.4, 0.5) is 0 Å². The second kappa shape index (κ2) is 4.87. The predicted octanol–water partition coefficient (Wildman–Crippen LogP) is 3.78. The lowest BCUT2D eigenvalue weighted by Crippen LogP contribution is -2.03. The molecule has 21 heavy (non-hydrogen) atoms. The third-order valence-corrected chi connectivity index (χ3v) is 4.30. The molecule has 4 aromatic rings. The van der Waals surface area contributed by atoms with Gasteiger partial charge in [-0.15, -0.1) is 11.3 Å². The minimum Gasteiger partial charge on any atom is -0.463 e. The van der Waals surface area contributed by atoms with Gasteiger partial charge in [0.2, 0.25) is 0 Å². The molecule has 104 valence electrons. The number of thiazole rings is 1. The van der Waals surface area contributed by atoms with Crippen LogP contribution in [-0.2, 0) is 6.54 Å². The number of aromatic nitrogens is 2. The van der Waals surface area contributed by atoms with Crippen LogP contribution in [0.2, 0.25) is 0 Å². The van der Waals surface area contributed by atoms with E-state index in [0.717, 1.165) is 33.4 Å². The molecule has 0 atom stereocenters. The fourth-order valence-corrected chi connectivity index (χ4v) is 3.42. The molecule has 0 aliphatic heterocycles. The number of hydrogen-bond donors (Lipinski definition) is 1. The molecule has 0 amide bonds. The molecule has 3 heterocycles. The summed E-state index contributed by atoms with van der Waals surface area (Å²) in [6.45, 7) is 0.426. The summed E-state index contributed by atoms with van der Waals surface area (Å²) >= 11 is 1.59. The van der Waals surface area contributed by atoms with Crippen LogP contribution in [-0.4, -0.2) is 9.38 Å². The molecule has 0 aliphatic carbocycles. The van der Waals surface area contributed by atoms with Gasteiger partial charge in [-0.3, -0.25) is 4.40 Å². The van der Waals surface area contributed by atoms with E-state index >= 15 is 0 Å². The van der Waals surface area contributed by atoms with Crippen molar-refractivity contribution in [2.24, 2.45) is 5.73 Å². The van der Waals surface area contributed by atoms with E-state index in [0.29, 0.717) is 6.54 Å². The first kappa shape index (κ1) is 12.4. The van der Waals surface area contributed by atoms with Gasteiger partial charge in [0.25, 0.3) is 0 Å². The minimum atomic E-state index is 0.426. The van der Waals surface area contributed by atoms with E-state index in [1.807, 2.05) is 30.3 Å². The number of benzene rings is 1. The van der Waals surface area contributed by atoms with Crippen molar-refractivity contribution >= 4 is 16.3 Å². The second-order valence-corrected chi connectivity index (χ2v) is 5.53. The molecule has 2 N–H and O–H groups in total. The maximum Gasteiger partial charge on any atom is 0.195 e. The highest BCUT2D eigenvalue weighted by atomic mass is 32.1. The van der Waals surface area contributed by atoms with E-state index in [4.69, 9.17) is 15.1 Å². The van der Waals surface area contributed by atoms with Gasteiger partial charge in [-0.25, -0.2) is 4.98 Å². The number of fused-ring (bicyclic) bond motifs is 1. The quantitative estimate of drug-likeness (QED) is 0.625. The summed E-state index contributed by atoms with van der Waals surface area (Å²) in [6, 6.07) is 14.0. The Labute approximate surface area is 125 Å². The van der Waals surface area contributed by atoms with Gasteiger partial charge in [-0.05, 0) is 12.1 Å². The van der Waals surface area contributed by atoms with Crippen molar-refractivity contribution in [2.45, 2.75) is 6.54 Å². The predicted molar refractivity (Wildman–Crippen MR) is 84.1 cm³/mol. The molecule has 5 heteroatoms. The Morgan fingerprint density at radius 1 is 1.14 bits per heavy atom. The lowest BCUT2D eigenvalue weighted by Gasteiger charge is -2.03. The van der Waals surface area contributed by atoms with E-state index in [1.54, 1.807) is 17.6 Å². The Kier molecular flexibility index (Phi) is 2.87. The highest BCUT2D eigenvalue weighted by molar-refractivity contribution is 7.15. The SMILES string of the molecule is NCc1c(-c2ccccc2)nc2scc(-c3ccco3)n12. The van der Waals surface area contributed by atoms with Crippen LogP contribution < -0.4 is 5.73 Å². The van der Waals surface area contributed by atoms with Crippen LogP contribution in [0.25, 0.3) is 27.7 Å². The van der Waals surface area contributed by atoms with Gasteiger partial charge in [0, 0.05) is 17.5 Å². The van der Waals surface area contributed by atoms with Crippen LogP contribution in [0.15, 0.2) is 58.5 Å². The molecule has 4 rings (SSSR count). The van der Waals surface area contributed by atoms with Crippen molar-refractivity contribution in [1.82, 2.24) is 9.38 Å². The van der Waals surface area contributed by atoms with Crippen molar-refractivity contribution in [3.63, 3.8) is 0 Å². The fraction of sp³-hybridized carbons (Fsp3) is 0.0625. The third kappa shape index (κ3) is 1.90. The van der Waals surface area contributed by atoms with Gasteiger partial charge < -0.3 is 10.2 Å². The minimum absolute atomic E-state index is 0.426. The summed E-state index contributed by atoms with van der Waals surface area (Å²) in [5, 5.41) is 2.05. The van der Waals surface area contributed by atoms with Crippen molar-refractivity contribution < 1.29 is 4.42 Å². The molecule has 0 unspecified atom stereocenters. The third-order valence-electron chi connectivity index (χ3n) is 3.47. The molecule has 0 radical (unpaired) electrons. The van der Waals surface area contributed by atoms with Crippen LogP contribution in [0.5, 0.6) is 0 Å². The van der Waals surface area contributed by atoms with Gasteiger partial charge >= 0.3 is 0 Å². The molecular weight excluding hydrogens is 282 g/mol. The highest BCUT2D eigenvalue weighted by Gasteiger charge is 2.18. The summed E-state index contributed by atoms with van der Waals surface area (Å²) in [5.74, 6) is 0.827. The first-order valence-electron chi connectivity index (χ1n) is 6.66. The summed E-state index contributed by atoms with van der Waals surface area (Å²) < 4.78 is 7.61. The molecule has 1 aromatic carbocycles. The zero-order valence-corrected chi connectivity index (χ0v) is 12.0. The van der Waals surface area contributed by atoms with Gasteiger partial charge in [-0.2, -0.15) is 0 Å². The average molecular weight is 295 g/mol. The van der Waals surface area contributed by atoms with Crippen LogP contribution in [0.1, 0.15) is 5.69 Å². The molecule has 0 aliphatic rings. The van der Waals surface area contributed by atoms with Crippen molar-refractivity contribution in [1.29, 1.82) is 0 Å². The number of furan rings is 1. The number of hydrogen-bond acceptors (Lipinski definition) is 4. The van der Waals surface area contributed by atoms with E-state index < -0.39 is 0 Å². The summed E-state index contributed by atoms with van der Waals surface area (Å²) in [4.78, 5) is 5.68. The molecule has 0 spiro atoms. The maximum atomic E-state index is 5.99. The Morgan fingerprint density at radius 3 is 2.71 bits per heavy atom. The van der Waals surface area contributed by atoms with E-state index in [2.05, 4.69) is 21.9 Å². The largest absolute Gasteiger partial charge is 0.463 e. The zero-order chi connectivity index (χ0) is 14.2. The highest BCUT2D eigenvalue weighted by Crippen LogP contribution is 2.32. The Bertz CT molecular complexity index is 875. The zero-order valence-electron chi connectivity index (χ0n) is 11.2. The summed E-state index contributed by atoms with van der Waals surface area (Å²) in [6.07, 6.45) is 1.68. The Morgan fingerprint density at radius 2 is 2.00 bits per heavy atom. The Hall–Kier alpha value is -2.37. The molecule has 0 saturated carbocycles. The van der Waals surface area contributed by atoms with E-state index in [1.165, 1.54) is 0 Å². The molecule has 0 saturated heterocycles. The van der Waals surface area contributed by atoms with Gasteiger partial charge in [-0.1, -0.05) is 30.3 Å². The van der Waals surface area contributed by atoms with E-state index in [-0.39, 0.29) is 0 Å². The van der Waals surface area contributed by atoms with Crippen molar-refractivity contribution in [3.05, 3.63) is 59.8 Å². The molecule has 3 aromatic heterocycles. The number of rotatable bonds is 3. The first-order chi connectivity index (χ1) is 10.4. The smallest absolute Gasteiger partial charge is 0.195 e. The Balaban J connectivity index is 1.99. The molecule has 0 bridgehead atoms. The average Bonchev–Trinajstić information content (AvgIpc) is 3.23. The first-order valence-corrected chi connectivity index (χ1v) is 7.54. The van der Waals surface area contributed by atoms with Crippen molar-refractivity contribution in [2.75, 3.05) is 0 Å². The second-order valence-electron chi connectivity index (χ2n) is 4.69. The van der Waals surface area contributed by atoms with E-state index in [9.17, 15) is 0 Å². The normalized spacial score (nSPS) is 11.3. The van der Waals surface area contributed by atoms with Crippen LogP contribution in [0, 0.1) is 0 Å². The standard InChI is InChI=1S/C16H13N3OS/c17-9-12-15(11-5-2-1-3-6-11)18-16-19(12)13(10-21-16)14-7-4-8-20-14/h1-8,10H,9,17H2. The number of nitrogens with two attached hydrogens (primary N) is 1. The molecule has 0 fully saturated rings. The molecular formula is C16H13N3OS. The van der Waals surface area contributed by atoms with Gasteiger partial charge in [0.05, 0.1) is 17.7 Å². The van der Waals surface area contributed by atoms with Gasteiger partial charge in [0.15, 0.2) is 10.7 Å². The fourth-order valence-electron chi connectivity index (χ4n) is 2.53. The number of imidazole rings is 1. The number of nitrogens with zero attached hydrogens (tertiary/aromatic N) is 2. The van der Waals surface area contributed by atoms with Crippen molar-refractivity contribution in [3.8, 4) is 22.7 Å². The van der Waals surface area contributed by atoms with Crippen LogP contribution >= 0.6 is 11.3 Å². The van der Waals surface area contributed by atoms with Crippen LogP contribution in [0.3, 0.4) is 0 Å². The summed E-state index contributed by atoms with van der Waals surface area (Å²) in [7, 11) is 0. The lowest BCUT2D eigenvalue weighted by atomic mass is 10.1. The topological polar surface area (TPSA) is 56.5 Å². The lowest BCUT2D eigenvalue weighted by molar-refractivity contribution is 0.579. The monoisotopic (exact) mass is 295 g/mol. The maximum absolute atomic E-state index is 5.99. The van der Waals surface area contributed by atoms with Gasteiger partial charge in [0.1, 0.15) is 5.69 Å².